The molecule has 9 heteroatoms. The molecule has 0 atom stereocenters. The van der Waals surface area contributed by atoms with Crippen molar-refractivity contribution in [2.45, 2.75) is 6.92 Å². The number of carbonyl (C=O) groups excluding carboxylic acids is 1. The van der Waals surface area contributed by atoms with Crippen molar-refractivity contribution in [2.75, 3.05) is 19.5 Å². The summed E-state index contributed by atoms with van der Waals surface area (Å²) in [4.78, 5) is 20.3. The number of nitrogens with zero attached hydrogens (tertiary/aromatic N) is 3. The van der Waals surface area contributed by atoms with Crippen molar-refractivity contribution in [3.05, 3.63) is 65.7 Å². The zero-order valence-corrected chi connectivity index (χ0v) is 16.7. The molecule has 0 aliphatic rings. The average Bonchev–Trinajstić information content (AvgIpc) is 2.76. The van der Waals surface area contributed by atoms with E-state index in [4.69, 9.17) is 14.2 Å². The first-order valence-corrected chi connectivity index (χ1v) is 8.98. The summed E-state index contributed by atoms with van der Waals surface area (Å²) in [5, 5.41) is 6.71. The maximum atomic E-state index is 12.1. The van der Waals surface area contributed by atoms with Gasteiger partial charge < -0.3 is 19.5 Å². The number of urea groups is 1. The van der Waals surface area contributed by atoms with Gasteiger partial charge in [0, 0.05) is 11.3 Å². The van der Waals surface area contributed by atoms with Gasteiger partial charge in [-0.1, -0.05) is 30.3 Å². The first-order chi connectivity index (χ1) is 14.6. The SMILES string of the molecule is COc1cc(OC)nc(Oc2ccccc2/C=N/NC(=O)Nc2ccccc2C)n1. The number of hydrazone groups is 1. The second-order valence-corrected chi connectivity index (χ2v) is 6.01. The quantitative estimate of drug-likeness (QED) is 0.456. The number of para-hydroxylation sites is 2. The van der Waals surface area contributed by atoms with Gasteiger partial charge in [0.1, 0.15) is 5.75 Å². The second-order valence-electron chi connectivity index (χ2n) is 6.01. The third-order valence-electron chi connectivity index (χ3n) is 3.96. The number of carbonyl (C=O) groups is 1. The minimum atomic E-state index is -0.459. The summed E-state index contributed by atoms with van der Waals surface area (Å²) in [7, 11) is 2.97. The number of aryl methyl sites for hydroxylation is 1. The monoisotopic (exact) mass is 407 g/mol. The highest BCUT2D eigenvalue weighted by molar-refractivity contribution is 5.91. The van der Waals surface area contributed by atoms with Crippen LogP contribution in [-0.4, -0.2) is 36.4 Å². The molecule has 0 aliphatic carbocycles. The van der Waals surface area contributed by atoms with Crippen LogP contribution in [0.4, 0.5) is 10.5 Å². The van der Waals surface area contributed by atoms with Crippen molar-refractivity contribution in [2.24, 2.45) is 5.10 Å². The van der Waals surface area contributed by atoms with Crippen LogP contribution in [0.25, 0.3) is 0 Å². The highest BCUT2D eigenvalue weighted by atomic mass is 16.5. The van der Waals surface area contributed by atoms with E-state index in [2.05, 4.69) is 25.8 Å². The number of anilines is 1. The van der Waals surface area contributed by atoms with E-state index < -0.39 is 6.03 Å². The van der Waals surface area contributed by atoms with Gasteiger partial charge >= 0.3 is 12.0 Å². The summed E-state index contributed by atoms with van der Waals surface area (Å²) >= 11 is 0. The Hall–Kier alpha value is -4.14. The van der Waals surface area contributed by atoms with E-state index in [9.17, 15) is 4.79 Å². The molecule has 2 amide bonds. The number of benzene rings is 2. The Kier molecular flexibility index (Phi) is 6.78. The molecule has 0 saturated carbocycles. The Bertz CT molecular complexity index is 1030. The Balaban J connectivity index is 1.69. The molecule has 0 bridgehead atoms. The van der Waals surface area contributed by atoms with Crippen LogP contribution < -0.4 is 25.0 Å². The topological polar surface area (TPSA) is 107 Å². The molecular weight excluding hydrogens is 386 g/mol. The third-order valence-corrected chi connectivity index (χ3v) is 3.96. The summed E-state index contributed by atoms with van der Waals surface area (Å²) in [6.07, 6.45) is 1.46. The van der Waals surface area contributed by atoms with Crippen LogP contribution in [0.2, 0.25) is 0 Å². The first-order valence-electron chi connectivity index (χ1n) is 8.98. The van der Waals surface area contributed by atoms with Crippen LogP contribution in [0.5, 0.6) is 23.5 Å². The molecule has 0 radical (unpaired) electrons. The second kappa shape index (κ2) is 9.87. The van der Waals surface area contributed by atoms with E-state index in [1.165, 1.54) is 26.5 Å². The predicted octanol–water partition coefficient (Wildman–Crippen LogP) is 3.75. The minimum absolute atomic E-state index is 0.0531. The summed E-state index contributed by atoms with van der Waals surface area (Å²) in [6.45, 7) is 1.90. The van der Waals surface area contributed by atoms with Gasteiger partial charge in [-0.15, -0.1) is 0 Å². The van der Waals surface area contributed by atoms with Gasteiger partial charge in [0.25, 0.3) is 0 Å². The maximum Gasteiger partial charge on any atom is 0.339 e. The smallest absolute Gasteiger partial charge is 0.339 e. The minimum Gasteiger partial charge on any atom is -0.481 e. The lowest BCUT2D eigenvalue weighted by molar-refractivity contribution is 0.252. The molecule has 0 aliphatic heterocycles. The Morgan fingerprint density at radius 1 is 1.00 bits per heavy atom. The molecule has 2 N–H and O–H groups in total. The van der Waals surface area contributed by atoms with E-state index in [-0.39, 0.29) is 6.01 Å². The molecule has 0 fully saturated rings. The van der Waals surface area contributed by atoms with E-state index >= 15 is 0 Å². The van der Waals surface area contributed by atoms with Crippen molar-refractivity contribution >= 4 is 17.9 Å². The van der Waals surface area contributed by atoms with E-state index in [0.29, 0.717) is 28.8 Å². The van der Waals surface area contributed by atoms with Crippen LogP contribution >= 0.6 is 0 Å². The lowest BCUT2D eigenvalue weighted by Crippen LogP contribution is -2.24. The van der Waals surface area contributed by atoms with Crippen molar-refractivity contribution < 1.29 is 19.0 Å². The van der Waals surface area contributed by atoms with Crippen LogP contribution in [-0.2, 0) is 0 Å². The van der Waals surface area contributed by atoms with Gasteiger partial charge in [-0.25, -0.2) is 10.2 Å². The number of ether oxygens (including phenoxy) is 3. The fourth-order valence-electron chi connectivity index (χ4n) is 2.44. The van der Waals surface area contributed by atoms with Crippen LogP contribution in [0, 0.1) is 6.92 Å². The summed E-state index contributed by atoms with van der Waals surface area (Å²) < 4.78 is 16.0. The summed E-state index contributed by atoms with van der Waals surface area (Å²) in [5.74, 6) is 1.05. The zero-order valence-electron chi connectivity index (χ0n) is 16.7. The predicted molar refractivity (Wildman–Crippen MR) is 113 cm³/mol. The molecule has 30 heavy (non-hydrogen) atoms. The number of nitrogens with one attached hydrogen (secondary N) is 2. The number of hydrogen-bond acceptors (Lipinski definition) is 7. The number of amides is 2. The Labute approximate surface area is 173 Å². The van der Waals surface area contributed by atoms with Gasteiger partial charge in [-0.05, 0) is 30.7 Å². The molecule has 0 saturated heterocycles. The first kappa shape index (κ1) is 20.6. The van der Waals surface area contributed by atoms with Crippen molar-refractivity contribution in [1.82, 2.24) is 15.4 Å². The number of rotatable bonds is 7. The average molecular weight is 407 g/mol. The normalized spacial score (nSPS) is 10.5. The molecule has 0 unspecified atom stereocenters. The van der Waals surface area contributed by atoms with Crippen LogP contribution in [0.3, 0.4) is 0 Å². The highest BCUT2D eigenvalue weighted by Gasteiger charge is 2.10. The molecular formula is C21H21N5O4. The summed E-state index contributed by atoms with van der Waals surface area (Å²) in [5.41, 5.74) is 4.69. The highest BCUT2D eigenvalue weighted by Crippen LogP contribution is 2.25. The largest absolute Gasteiger partial charge is 0.481 e. The fraction of sp³-hybridized carbons (Fsp3) is 0.143. The lowest BCUT2D eigenvalue weighted by Gasteiger charge is -2.09. The molecule has 0 spiro atoms. The molecule has 3 aromatic rings. The molecule has 1 aromatic heterocycles. The standard InChI is InChI=1S/C21H21N5O4/c1-14-8-4-6-10-16(14)23-20(27)26-22-13-15-9-5-7-11-17(15)30-21-24-18(28-2)12-19(25-21)29-3/h4-13H,1-3H3,(H2,23,26,27)/b22-13+. The van der Waals surface area contributed by atoms with Gasteiger partial charge in [0.2, 0.25) is 11.8 Å². The molecule has 1 heterocycles. The maximum absolute atomic E-state index is 12.1. The van der Waals surface area contributed by atoms with E-state index in [1.807, 2.05) is 37.3 Å². The van der Waals surface area contributed by atoms with Crippen molar-refractivity contribution in [1.29, 1.82) is 0 Å². The van der Waals surface area contributed by atoms with Gasteiger partial charge in [-0.2, -0.15) is 15.1 Å². The summed E-state index contributed by atoms with van der Waals surface area (Å²) in [6, 6.07) is 15.7. The van der Waals surface area contributed by atoms with Gasteiger partial charge in [0.15, 0.2) is 0 Å². The van der Waals surface area contributed by atoms with Gasteiger partial charge in [-0.3, -0.25) is 0 Å². The van der Waals surface area contributed by atoms with Gasteiger partial charge in [0.05, 0.1) is 26.5 Å². The molecule has 154 valence electrons. The zero-order chi connectivity index (χ0) is 21.3. The fourth-order valence-corrected chi connectivity index (χ4v) is 2.44. The van der Waals surface area contributed by atoms with Crippen LogP contribution in [0.15, 0.2) is 59.7 Å². The van der Waals surface area contributed by atoms with E-state index in [1.54, 1.807) is 18.2 Å². The third kappa shape index (κ3) is 5.44. The number of hydrogen-bond donors (Lipinski definition) is 2. The molecule has 3 rings (SSSR count). The molecule has 9 nitrogen and oxygen atoms in total. The Morgan fingerprint density at radius 2 is 1.67 bits per heavy atom. The van der Waals surface area contributed by atoms with Crippen molar-refractivity contribution in [3.8, 4) is 23.5 Å². The number of methoxy groups -OCH3 is 2. The number of aromatic nitrogens is 2. The lowest BCUT2D eigenvalue weighted by atomic mass is 10.2. The van der Waals surface area contributed by atoms with Crippen LogP contribution in [0.1, 0.15) is 11.1 Å². The van der Waals surface area contributed by atoms with E-state index in [0.717, 1.165) is 5.56 Å². The molecule has 2 aromatic carbocycles. The Morgan fingerprint density at radius 3 is 2.37 bits per heavy atom. The van der Waals surface area contributed by atoms with Crippen molar-refractivity contribution in [3.63, 3.8) is 0 Å².